The van der Waals surface area contributed by atoms with Crippen LogP contribution in [0, 0.1) is 0 Å². The van der Waals surface area contributed by atoms with Gasteiger partial charge in [0.25, 0.3) is 0 Å². The van der Waals surface area contributed by atoms with Crippen molar-refractivity contribution in [2.75, 3.05) is 0 Å². The predicted octanol–water partition coefficient (Wildman–Crippen LogP) is 7.30. The molecule has 0 amide bonds. The quantitative estimate of drug-likeness (QED) is 0.507. The molecular weight excluding hydrogens is 335 g/mol. The lowest BCUT2D eigenvalue weighted by Gasteiger charge is -2.10. The van der Waals surface area contributed by atoms with Crippen LogP contribution in [0.4, 0.5) is 0 Å². The second kappa shape index (κ2) is 6.10. The molecule has 0 aliphatic heterocycles. The normalized spacial score (nSPS) is 22.2. The van der Waals surface area contributed by atoms with Crippen LogP contribution in [0.1, 0.15) is 59.7 Å². The van der Waals surface area contributed by atoms with Crippen LogP contribution in [0.15, 0.2) is 59.7 Å². The molecule has 0 bridgehead atoms. The molecular formula is C22H20Cl2. The van der Waals surface area contributed by atoms with Crippen molar-refractivity contribution in [1.82, 2.24) is 0 Å². The van der Waals surface area contributed by atoms with Gasteiger partial charge in [-0.25, -0.2) is 0 Å². The van der Waals surface area contributed by atoms with E-state index in [4.69, 9.17) is 23.2 Å². The molecule has 0 N–H and O–H groups in total. The number of halogens is 2. The van der Waals surface area contributed by atoms with Crippen LogP contribution in [-0.4, -0.2) is 0 Å². The van der Waals surface area contributed by atoms with Crippen molar-refractivity contribution in [1.29, 1.82) is 0 Å². The monoisotopic (exact) mass is 354 g/mol. The molecule has 122 valence electrons. The fourth-order valence-corrected chi connectivity index (χ4v) is 4.74. The summed E-state index contributed by atoms with van der Waals surface area (Å²) >= 11 is 13.3. The lowest BCUT2D eigenvalue weighted by Crippen LogP contribution is -1.89. The van der Waals surface area contributed by atoms with Gasteiger partial charge in [-0.2, -0.15) is 0 Å². The Morgan fingerprint density at radius 2 is 1.04 bits per heavy atom. The highest BCUT2D eigenvalue weighted by Crippen LogP contribution is 2.49. The first kappa shape index (κ1) is 16.0. The van der Waals surface area contributed by atoms with Gasteiger partial charge in [-0.15, -0.1) is 23.2 Å². The van der Waals surface area contributed by atoms with Crippen LogP contribution in [0.3, 0.4) is 0 Å². The molecule has 2 unspecified atom stereocenters. The summed E-state index contributed by atoms with van der Waals surface area (Å²) in [7, 11) is 0. The number of rotatable bonds is 3. The third kappa shape index (κ3) is 2.36. The van der Waals surface area contributed by atoms with Gasteiger partial charge in [0.1, 0.15) is 0 Å². The van der Waals surface area contributed by atoms with E-state index in [0.717, 1.165) is 12.8 Å². The van der Waals surface area contributed by atoms with Gasteiger partial charge in [-0.3, -0.25) is 0 Å². The summed E-state index contributed by atoms with van der Waals surface area (Å²) in [5.74, 6) is 0. The molecule has 2 aromatic rings. The summed E-state index contributed by atoms with van der Waals surface area (Å²) in [5.41, 5.74) is 10.5. The van der Waals surface area contributed by atoms with Crippen molar-refractivity contribution < 1.29 is 0 Å². The average molecular weight is 355 g/mol. The molecule has 2 aromatic carbocycles. The smallest absolute Gasteiger partial charge is 0.0804 e. The zero-order valence-electron chi connectivity index (χ0n) is 13.9. The second-order valence-corrected chi connectivity index (χ2v) is 7.60. The first-order chi connectivity index (χ1) is 11.6. The van der Waals surface area contributed by atoms with Gasteiger partial charge in [-0.05, 0) is 71.2 Å². The van der Waals surface area contributed by atoms with Crippen LogP contribution in [-0.2, 0) is 0 Å². The zero-order chi connectivity index (χ0) is 16.8. The Kier molecular flexibility index (Phi) is 4.06. The minimum Gasteiger partial charge on any atom is -0.113 e. The molecule has 0 saturated heterocycles. The number of fused-ring (bicyclic) bond motifs is 2. The molecule has 2 atom stereocenters. The molecule has 24 heavy (non-hydrogen) atoms. The van der Waals surface area contributed by atoms with E-state index in [0.29, 0.717) is 0 Å². The van der Waals surface area contributed by atoms with E-state index in [9.17, 15) is 0 Å². The highest BCUT2D eigenvalue weighted by Gasteiger charge is 2.29. The highest BCUT2D eigenvalue weighted by molar-refractivity contribution is 6.25. The first-order valence-electron chi connectivity index (χ1n) is 8.45. The van der Waals surface area contributed by atoms with E-state index in [1.165, 1.54) is 44.5 Å². The maximum atomic E-state index is 6.63. The van der Waals surface area contributed by atoms with Gasteiger partial charge in [0.2, 0.25) is 0 Å². The number of alkyl halides is 2. The van der Waals surface area contributed by atoms with Crippen LogP contribution in [0.5, 0.6) is 0 Å². The van der Waals surface area contributed by atoms with Crippen molar-refractivity contribution in [3.63, 3.8) is 0 Å². The molecule has 2 aliphatic carbocycles. The van der Waals surface area contributed by atoms with E-state index in [-0.39, 0.29) is 10.8 Å². The molecule has 0 saturated carbocycles. The van der Waals surface area contributed by atoms with E-state index < -0.39 is 0 Å². The Bertz CT molecular complexity index is 800. The Morgan fingerprint density at radius 1 is 0.667 bits per heavy atom. The average Bonchev–Trinajstić information content (AvgIpc) is 3.00. The molecule has 0 spiro atoms. The van der Waals surface area contributed by atoms with E-state index in [1.54, 1.807) is 0 Å². The summed E-state index contributed by atoms with van der Waals surface area (Å²) < 4.78 is 0. The van der Waals surface area contributed by atoms with Gasteiger partial charge in [0.15, 0.2) is 0 Å². The maximum Gasteiger partial charge on any atom is 0.0804 e. The summed E-state index contributed by atoms with van der Waals surface area (Å²) in [6.07, 6.45) is 2.02. The van der Waals surface area contributed by atoms with Crippen LogP contribution in [0.2, 0.25) is 0 Å². The maximum absolute atomic E-state index is 6.63. The fourth-order valence-electron chi connectivity index (χ4n) is 4.10. The lowest BCUT2D eigenvalue weighted by molar-refractivity contribution is 1.06. The number of benzene rings is 2. The summed E-state index contributed by atoms with van der Waals surface area (Å²) in [6, 6.07) is 17.0. The Labute approximate surface area is 153 Å². The van der Waals surface area contributed by atoms with E-state index in [2.05, 4.69) is 62.4 Å². The minimum atomic E-state index is 0.0166. The summed E-state index contributed by atoms with van der Waals surface area (Å²) in [4.78, 5) is 0. The Balaban J connectivity index is 1.65. The number of hydrogen-bond donors (Lipinski definition) is 0. The van der Waals surface area contributed by atoms with Gasteiger partial charge < -0.3 is 0 Å². The Hall–Kier alpha value is -1.50. The Morgan fingerprint density at radius 3 is 1.46 bits per heavy atom. The van der Waals surface area contributed by atoms with Gasteiger partial charge in [-0.1, -0.05) is 48.5 Å². The third-order valence-corrected chi connectivity index (χ3v) is 6.58. The van der Waals surface area contributed by atoms with Crippen molar-refractivity contribution in [3.05, 3.63) is 81.9 Å². The largest absolute Gasteiger partial charge is 0.113 e. The lowest BCUT2D eigenvalue weighted by atomic mass is 9.95. The molecule has 2 heteroatoms. The molecule has 0 nitrogen and oxygen atoms in total. The van der Waals surface area contributed by atoms with Crippen molar-refractivity contribution in [3.8, 4) is 0 Å². The highest BCUT2D eigenvalue weighted by atomic mass is 35.5. The van der Waals surface area contributed by atoms with Crippen LogP contribution >= 0.6 is 23.2 Å². The molecule has 0 fully saturated rings. The second-order valence-electron chi connectivity index (χ2n) is 6.72. The van der Waals surface area contributed by atoms with Crippen molar-refractivity contribution in [2.45, 2.75) is 37.4 Å². The van der Waals surface area contributed by atoms with Gasteiger partial charge in [0, 0.05) is 0 Å². The van der Waals surface area contributed by atoms with Crippen molar-refractivity contribution in [2.24, 2.45) is 0 Å². The summed E-state index contributed by atoms with van der Waals surface area (Å²) in [6.45, 7) is 4.34. The first-order valence-corrected chi connectivity index (χ1v) is 9.33. The third-order valence-electron chi connectivity index (χ3n) is 5.46. The predicted molar refractivity (Wildman–Crippen MR) is 104 cm³/mol. The molecule has 0 heterocycles. The SMILES string of the molecule is CC1=C(CCC2=C(C)C(Cl)c3ccccc32)c2ccccc2C1Cl. The number of allylic oxidation sites excluding steroid dienone is 4. The summed E-state index contributed by atoms with van der Waals surface area (Å²) in [5, 5.41) is 0.0332. The van der Waals surface area contributed by atoms with Crippen LogP contribution in [0.25, 0.3) is 11.1 Å². The topological polar surface area (TPSA) is 0 Å². The number of hydrogen-bond acceptors (Lipinski definition) is 0. The fraction of sp³-hybridized carbons (Fsp3) is 0.273. The van der Waals surface area contributed by atoms with Crippen LogP contribution < -0.4 is 0 Å². The molecule has 2 aliphatic rings. The standard InChI is InChI=1S/C22H20Cl2/c1-13-15(17-7-3-5-9-19(17)21(13)23)11-12-16-14(2)22(24)20-10-6-4-8-18(16)20/h3-10,21-22H,11-12H2,1-2H3. The van der Waals surface area contributed by atoms with Gasteiger partial charge >= 0.3 is 0 Å². The minimum absolute atomic E-state index is 0.0166. The molecule has 4 rings (SSSR count). The van der Waals surface area contributed by atoms with E-state index >= 15 is 0 Å². The zero-order valence-corrected chi connectivity index (χ0v) is 15.5. The molecule has 0 aromatic heterocycles. The van der Waals surface area contributed by atoms with E-state index in [1.807, 2.05) is 0 Å². The molecule has 0 radical (unpaired) electrons. The van der Waals surface area contributed by atoms with Gasteiger partial charge in [0.05, 0.1) is 10.8 Å². The van der Waals surface area contributed by atoms with Crippen molar-refractivity contribution >= 4 is 34.3 Å².